The highest BCUT2D eigenvalue weighted by Gasteiger charge is 2.46. The third kappa shape index (κ3) is 13.4. The second-order valence-corrected chi connectivity index (χ2v) is 19.9. The molecule has 0 saturated carbocycles. The number of benzene rings is 1. The number of carbonyl (C=O) groups is 5. The van der Waals surface area contributed by atoms with Crippen LogP contribution in [0.5, 0.6) is 0 Å². The molecule has 1 aromatic carbocycles. The lowest BCUT2D eigenvalue weighted by atomic mass is 9.87. The van der Waals surface area contributed by atoms with Gasteiger partial charge in [0.25, 0.3) is 5.91 Å². The van der Waals surface area contributed by atoms with Crippen molar-refractivity contribution in [2.75, 3.05) is 78.3 Å². The number of hydrogen-bond acceptors (Lipinski definition) is 13. The van der Waals surface area contributed by atoms with Crippen LogP contribution >= 0.6 is 7.44 Å². The topological polar surface area (TPSA) is 211 Å². The lowest BCUT2D eigenvalue weighted by Crippen LogP contribution is -2.59. The normalized spacial score (nSPS) is 18.4. The minimum atomic E-state index is -4.31. The van der Waals surface area contributed by atoms with Crippen molar-refractivity contribution in [1.29, 1.82) is 0 Å². The summed E-state index contributed by atoms with van der Waals surface area (Å²) >= 11 is 0. The smallest absolute Gasteiger partial charge is 0.409 e. The predicted octanol–water partition coefficient (Wildman–Crippen LogP) is 4.10. The quantitative estimate of drug-likeness (QED) is 0.0885. The van der Waals surface area contributed by atoms with Crippen LogP contribution in [0.2, 0.25) is 0 Å². The van der Waals surface area contributed by atoms with Gasteiger partial charge in [0.05, 0.1) is 33.1 Å². The fraction of sp³-hybridized carbons (Fsp3) is 0.643. The van der Waals surface area contributed by atoms with E-state index in [1.807, 2.05) is 42.2 Å². The molecule has 19 heteroatoms. The van der Waals surface area contributed by atoms with Crippen molar-refractivity contribution < 1.29 is 47.5 Å². The molecule has 2 aliphatic heterocycles. The molecule has 2 aromatic rings. The highest BCUT2D eigenvalue weighted by Crippen LogP contribution is 2.43. The van der Waals surface area contributed by atoms with Gasteiger partial charge in [0.2, 0.25) is 13.4 Å². The van der Waals surface area contributed by atoms with Gasteiger partial charge in [-0.05, 0) is 23.7 Å². The Bertz CT molecular complexity index is 1840. The maximum absolute atomic E-state index is 15.6. The average Bonchev–Trinajstić information content (AvgIpc) is 3.73. The van der Waals surface area contributed by atoms with Crippen LogP contribution < -0.4 is 20.4 Å². The maximum atomic E-state index is 15.6. The Hall–Kier alpha value is -4.64. The van der Waals surface area contributed by atoms with Crippen LogP contribution in [0.3, 0.4) is 0 Å². The number of carbonyl (C=O) groups excluding carboxylic acids is 5. The largest absolute Gasteiger partial charge is 0.468 e. The van der Waals surface area contributed by atoms with Gasteiger partial charge in [0.15, 0.2) is 5.82 Å². The molecule has 0 bridgehead atoms. The van der Waals surface area contributed by atoms with E-state index in [9.17, 15) is 24.0 Å². The van der Waals surface area contributed by atoms with E-state index in [0.29, 0.717) is 24.5 Å². The first kappa shape index (κ1) is 49.0. The number of aromatic nitrogens is 2. The highest BCUT2D eigenvalue weighted by atomic mass is 31.2. The molecule has 4 rings (SSSR count). The van der Waals surface area contributed by atoms with Gasteiger partial charge in [0, 0.05) is 58.0 Å². The number of rotatable bonds is 17. The monoisotopic (exact) mass is 872 g/mol. The zero-order valence-corrected chi connectivity index (χ0v) is 38.2. The number of unbranched alkanes of at least 4 members (excludes halogenated alkanes) is 1. The van der Waals surface area contributed by atoms with Crippen molar-refractivity contribution in [2.45, 2.75) is 92.0 Å². The average molecular weight is 873 g/mol. The van der Waals surface area contributed by atoms with Crippen molar-refractivity contribution in [3.8, 4) is 11.4 Å². The van der Waals surface area contributed by atoms with Crippen LogP contribution in [0.15, 0.2) is 36.4 Å². The summed E-state index contributed by atoms with van der Waals surface area (Å²) in [6, 6.07) is 6.79. The summed E-state index contributed by atoms with van der Waals surface area (Å²) in [5.74, 6) is -2.06. The Morgan fingerprint density at radius 2 is 1.41 bits per heavy atom. The third-order valence-electron chi connectivity index (χ3n) is 10.7. The Kier molecular flexibility index (Phi) is 17.2. The van der Waals surface area contributed by atoms with E-state index in [0.717, 1.165) is 19.3 Å². The maximum Gasteiger partial charge on any atom is 0.409 e. The molecule has 338 valence electrons. The Balaban J connectivity index is 1.80. The van der Waals surface area contributed by atoms with Crippen molar-refractivity contribution in [2.24, 2.45) is 10.8 Å². The number of piperazine rings is 1. The first-order chi connectivity index (χ1) is 28.7. The number of anilines is 1. The number of methoxy groups -OCH3 is 3. The van der Waals surface area contributed by atoms with E-state index in [1.54, 1.807) is 54.7 Å². The summed E-state index contributed by atoms with van der Waals surface area (Å²) in [4.78, 5) is 83.1. The second-order valence-electron chi connectivity index (χ2n) is 17.5. The lowest BCUT2D eigenvalue weighted by molar-refractivity contribution is -0.145. The van der Waals surface area contributed by atoms with Gasteiger partial charge in [-0.15, -0.1) is 0 Å². The zero-order chi connectivity index (χ0) is 45.1. The summed E-state index contributed by atoms with van der Waals surface area (Å²) in [7, 11) is -0.255. The van der Waals surface area contributed by atoms with Gasteiger partial charge in [-0.25, -0.2) is 24.9 Å². The molecule has 2 saturated heterocycles. The molecule has 3 N–H and O–H groups in total. The summed E-state index contributed by atoms with van der Waals surface area (Å²) in [5, 5.41) is 8.75. The van der Waals surface area contributed by atoms with Crippen LogP contribution in [-0.2, 0) is 37.9 Å². The van der Waals surface area contributed by atoms with Gasteiger partial charge < -0.3 is 39.0 Å². The Labute approximate surface area is 359 Å². The molecule has 2 fully saturated rings. The van der Waals surface area contributed by atoms with Gasteiger partial charge >= 0.3 is 18.0 Å². The minimum Gasteiger partial charge on any atom is -0.468 e. The minimum absolute atomic E-state index is 0.0361. The van der Waals surface area contributed by atoms with Gasteiger partial charge in [-0.3, -0.25) is 23.7 Å². The van der Waals surface area contributed by atoms with E-state index in [4.69, 9.17) is 23.9 Å². The van der Waals surface area contributed by atoms with Crippen LogP contribution in [-0.4, -0.2) is 147 Å². The summed E-state index contributed by atoms with van der Waals surface area (Å²) in [6.07, 6.45) is 1.21. The van der Waals surface area contributed by atoms with Crippen LogP contribution in [0, 0.1) is 10.8 Å². The molecular formula is C42H65N8O10P. The zero-order valence-electron chi connectivity index (χ0n) is 37.3. The van der Waals surface area contributed by atoms with Gasteiger partial charge in [-0.1, -0.05) is 85.2 Å². The van der Waals surface area contributed by atoms with Gasteiger partial charge in [-0.2, -0.15) is 0 Å². The van der Waals surface area contributed by atoms with Crippen molar-refractivity contribution in [3.63, 3.8) is 0 Å². The molecule has 5 atom stereocenters. The highest BCUT2D eigenvalue weighted by molar-refractivity contribution is 7.60. The van der Waals surface area contributed by atoms with Crippen LogP contribution in [0.1, 0.15) is 78.2 Å². The number of hydrogen-bond donors (Lipinski definition) is 3. The fourth-order valence-corrected chi connectivity index (χ4v) is 9.82. The summed E-state index contributed by atoms with van der Waals surface area (Å²) in [6.45, 7) is 14.4. The van der Waals surface area contributed by atoms with E-state index in [2.05, 4.69) is 20.5 Å². The standard InChI is InChI=1S/C42H65N8O10P/c1-11-12-24-60-40(55)49-22-20-48(21-23-49)37(52)31(27-61(56,46-33(38(53)58-9)41(2,3)4)47-34(39(54)59-10)42(5,6)7)44-36(51)30-25-32(50-19-18-29(26-50)57-8)45-35(43-30)28-16-14-13-15-17-28/h13-17,25,29,31,33-34H,11-12,18-24,26-27H2,1-10H3,(H,44,51)(H2,46,47,56)/t29-,31?,33-,34+,61?/m0/s1. The third-order valence-corrected chi connectivity index (χ3v) is 12.9. The van der Waals surface area contributed by atoms with E-state index in [1.165, 1.54) is 24.0 Å². The Morgan fingerprint density at radius 3 is 1.92 bits per heavy atom. The number of ether oxygens (including phenoxy) is 4. The molecule has 3 heterocycles. The van der Waals surface area contributed by atoms with Crippen LogP contribution in [0.25, 0.3) is 11.4 Å². The number of nitrogens with zero attached hydrogens (tertiary/aromatic N) is 5. The number of esters is 2. The number of amides is 3. The number of nitrogens with one attached hydrogen (secondary N) is 3. The lowest BCUT2D eigenvalue weighted by Gasteiger charge is -2.39. The first-order valence-corrected chi connectivity index (χ1v) is 22.7. The summed E-state index contributed by atoms with van der Waals surface area (Å²) < 4.78 is 36.8. The fourth-order valence-electron chi connectivity index (χ4n) is 6.95. The van der Waals surface area contributed by atoms with Crippen molar-refractivity contribution >= 4 is 43.1 Å². The molecular weight excluding hydrogens is 807 g/mol. The van der Waals surface area contributed by atoms with Crippen LogP contribution in [0.4, 0.5) is 10.6 Å². The molecule has 2 aliphatic rings. The molecule has 18 nitrogen and oxygen atoms in total. The molecule has 0 radical (unpaired) electrons. The van der Waals surface area contributed by atoms with Crippen molar-refractivity contribution in [1.82, 2.24) is 35.3 Å². The Morgan fingerprint density at radius 1 is 0.836 bits per heavy atom. The second kappa shape index (κ2) is 21.4. The van der Waals surface area contributed by atoms with E-state index >= 15 is 4.57 Å². The summed E-state index contributed by atoms with van der Waals surface area (Å²) in [5.41, 5.74) is -1.15. The molecule has 1 aromatic heterocycles. The molecule has 0 aliphatic carbocycles. The molecule has 61 heavy (non-hydrogen) atoms. The van der Waals surface area contributed by atoms with E-state index < -0.39 is 72.4 Å². The molecule has 3 amide bonds. The first-order valence-electron chi connectivity index (χ1n) is 20.8. The van der Waals surface area contributed by atoms with Gasteiger partial charge in [0.1, 0.15) is 29.6 Å². The predicted molar refractivity (Wildman–Crippen MR) is 230 cm³/mol. The van der Waals surface area contributed by atoms with Crippen molar-refractivity contribution in [3.05, 3.63) is 42.1 Å². The molecule has 0 spiro atoms. The SMILES string of the molecule is CCCCOC(=O)N1CCN(C(=O)C(CP(=O)(N[C@H](C(=O)OC)C(C)(C)C)N[C@@H](C(=O)OC)C(C)(C)C)NC(=O)c2cc(N3CC[C@H](OC)C3)nc(-c3ccccc3)n2)CC1. The van der Waals surface area contributed by atoms with E-state index in [-0.39, 0.29) is 50.4 Å². The molecule has 2 unspecified atom stereocenters.